The average molecular weight is 340 g/mol. The van der Waals surface area contributed by atoms with Crippen LogP contribution in [0, 0.1) is 5.82 Å². The Labute approximate surface area is 127 Å². The van der Waals surface area contributed by atoms with Gasteiger partial charge >= 0.3 is 0 Å². The molecule has 1 N–H and O–H groups in total. The molecule has 0 spiro atoms. The van der Waals surface area contributed by atoms with E-state index in [1.165, 1.54) is 11.6 Å². The minimum absolute atomic E-state index is 0.146. The summed E-state index contributed by atoms with van der Waals surface area (Å²) in [6, 6.07) is 5.20. The van der Waals surface area contributed by atoms with Crippen molar-refractivity contribution in [3.05, 3.63) is 52.0 Å². The largest absolute Gasteiger partial charge is 0.310 e. The summed E-state index contributed by atoms with van der Waals surface area (Å²) in [4.78, 5) is 0. The molecule has 0 radical (unpaired) electrons. The zero-order valence-electron chi connectivity index (χ0n) is 11.7. The van der Waals surface area contributed by atoms with Crippen molar-refractivity contribution >= 4 is 15.9 Å². The third-order valence-corrected chi connectivity index (χ3v) is 3.68. The fourth-order valence-electron chi connectivity index (χ4n) is 2.32. The first-order valence-electron chi connectivity index (χ1n) is 6.75. The van der Waals surface area contributed by atoms with E-state index in [-0.39, 0.29) is 11.9 Å². The monoisotopic (exact) mass is 339 g/mol. The molecular weight excluding hydrogens is 321 g/mol. The summed E-state index contributed by atoms with van der Waals surface area (Å²) in [6.07, 6.45) is 5.73. The van der Waals surface area contributed by atoms with Gasteiger partial charge < -0.3 is 5.32 Å². The fourth-order valence-corrected chi connectivity index (χ4v) is 2.80. The summed E-state index contributed by atoms with van der Waals surface area (Å²) in [7, 11) is 1.91. The number of aryl methyl sites for hydroxylation is 2. The van der Waals surface area contributed by atoms with Crippen LogP contribution in [0.25, 0.3) is 0 Å². The van der Waals surface area contributed by atoms with Gasteiger partial charge in [-0.15, -0.1) is 0 Å². The highest BCUT2D eigenvalue weighted by atomic mass is 79.9. The second-order valence-corrected chi connectivity index (χ2v) is 5.79. The lowest BCUT2D eigenvalue weighted by Crippen LogP contribution is -2.21. The Hall–Kier alpha value is -1.20. The summed E-state index contributed by atoms with van der Waals surface area (Å²) in [5.74, 6) is -0.210. The van der Waals surface area contributed by atoms with Crippen LogP contribution in [0.4, 0.5) is 4.39 Å². The van der Waals surface area contributed by atoms with E-state index in [9.17, 15) is 4.39 Å². The van der Waals surface area contributed by atoms with Crippen LogP contribution in [0.5, 0.6) is 0 Å². The lowest BCUT2D eigenvalue weighted by atomic mass is 10.00. The van der Waals surface area contributed by atoms with Crippen LogP contribution in [0.1, 0.15) is 30.5 Å². The molecule has 1 unspecified atom stereocenters. The molecule has 108 valence electrons. The van der Waals surface area contributed by atoms with Crippen molar-refractivity contribution < 1.29 is 4.39 Å². The van der Waals surface area contributed by atoms with E-state index in [4.69, 9.17) is 0 Å². The summed E-state index contributed by atoms with van der Waals surface area (Å²) in [5.41, 5.74) is 2.17. The highest BCUT2D eigenvalue weighted by Gasteiger charge is 2.12. The van der Waals surface area contributed by atoms with Gasteiger partial charge in [-0.2, -0.15) is 5.10 Å². The van der Waals surface area contributed by atoms with E-state index in [0.717, 1.165) is 29.4 Å². The molecule has 0 aliphatic carbocycles. The van der Waals surface area contributed by atoms with Crippen LogP contribution >= 0.6 is 15.9 Å². The molecule has 20 heavy (non-hydrogen) atoms. The van der Waals surface area contributed by atoms with Crippen LogP contribution in [0.3, 0.4) is 0 Å². The number of rotatable bonds is 6. The van der Waals surface area contributed by atoms with Gasteiger partial charge in [-0.25, -0.2) is 4.39 Å². The number of nitrogens with one attached hydrogen (secondary N) is 1. The van der Waals surface area contributed by atoms with Crippen LogP contribution < -0.4 is 5.32 Å². The SMILES string of the molecule is CCNC(CCc1cnn(C)c1)c1cc(F)cc(Br)c1. The molecule has 0 saturated carbocycles. The van der Waals surface area contributed by atoms with Crippen LogP contribution in [-0.2, 0) is 13.5 Å². The average Bonchev–Trinajstić information content (AvgIpc) is 2.79. The number of aromatic nitrogens is 2. The van der Waals surface area contributed by atoms with Crippen molar-refractivity contribution in [1.29, 1.82) is 0 Å². The minimum Gasteiger partial charge on any atom is -0.310 e. The quantitative estimate of drug-likeness (QED) is 0.871. The van der Waals surface area contributed by atoms with Crippen molar-refractivity contribution in [3.63, 3.8) is 0 Å². The molecule has 0 aliphatic heterocycles. The molecule has 2 rings (SSSR count). The van der Waals surface area contributed by atoms with E-state index in [1.54, 1.807) is 10.7 Å². The smallest absolute Gasteiger partial charge is 0.124 e. The number of hydrogen-bond donors (Lipinski definition) is 1. The zero-order chi connectivity index (χ0) is 14.5. The summed E-state index contributed by atoms with van der Waals surface area (Å²) in [5, 5.41) is 7.59. The van der Waals surface area contributed by atoms with Gasteiger partial charge in [-0.05, 0) is 48.7 Å². The Balaban J connectivity index is 2.09. The van der Waals surface area contributed by atoms with Crippen molar-refractivity contribution in [2.45, 2.75) is 25.8 Å². The maximum absolute atomic E-state index is 13.5. The lowest BCUT2D eigenvalue weighted by molar-refractivity contribution is 0.510. The van der Waals surface area contributed by atoms with E-state index in [2.05, 4.69) is 33.3 Å². The Morgan fingerprint density at radius 3 is 2.80 bits per heavy atom. The topological polar surface area (TPSA) is 29.9 Å². The van der Waals surface area contributed by atoms with E-state index >= 15 is 0 Å². The fraction of sp³-hybridized carbons (Fsp3) is 0.400. The molecule has 1 atom stereocenters. The van der Waals surface area contributed by atoms with Gasteiger partial charge in [0.15, 0.2) is 0 Å². The maximum atomic E-state index is 13.5. The highest BCUT2D eigenvalue weighted by Crippen LogP contribution is 2.24. The normalized spacial score (nSPS) is 12.6. The lowest BCUT2D eigenvalue weighted by Gasteiger charge is -2.18. The predicted octanol–water partition coefficient (Wildman–Crippen LogP) is 3.61. The Morgan fingerprint density at radius 2 is 2.20 bits per heavy atom. The van der Waals surface area contributed by atoms with Crippen molar-refractivity contribution in [1.82, 2.24) is 15.1 Å². The minimum atomic E-state index is -0.210. The van der Waals surface area contributed by atoms with Crippen molar-refractivity contribution in [2.24, 2.45) is 7.05 Å². The number of nitrogens with zero attached hydrogens (tertiary/aromatic N) is 2. The van der Waals surface area contributed by atoms with Crippen LogP contribution in [0.2, 0.25) is 0 Å². The molecule has 2 aromatic rings. The number of halogens is 2. The molecule has 0 fully saturated rings. The highest BCUT2D eigenvalue weighted by molar-refractivity contribution is 9.10. The molecule has 3 nitrogen and oxygen atoms in total. The zero-order valence-corrected chi connectivity index (χ0v) is 13.3. The molecule has 5 heteroatoms. The van der Waals surface area contributed by atoms with Gasteiger partial charge in [-0.3, -0.25) is 4.68 Å². The summed E-state index contributed by atoms with van der Waals surface area (Å²) >= 11 is 3.35. The van der Waals surface area contributed by atoms with Crippen LogP contribution in [0.15, 0.2) is 35.1 Å². The first kappa shape index (κ1) is 15.2. The number of hydrogen-bond acceptors (Lipinski definition) is 2. The second-order valence-electron chi connectivity index (χ2n) is 4.87. The third-order valence-electron chi connectivity index (χ3n) is 3.22. The number of benzene rings is 1. The Bertz CT molecular complexity index is 548. The molecule has 1 heterocycles. The van der Waals surface area contributed by atoms with Gasteiger partial charge in [0.2, 0.25) is 0 Å². The van der Waals surface area contributed by atoms with Gasteiger partial charge in [0, 0.05) is 23.8 Å². The molecule has 0 aliphatic rings. The van der Waals surface area contributed by atoms with Crippen LogP contribution in [-0.4, -0.2) is 16.3 Å². The van der Waals surface area contributed by atoms with Gasteiger partial charge in [0.1, 0.15) is 5.82 Å². The molecular formula is C15H19BrFN3. The predicted molar refractivity (Wildman–Crippen MR) is 82.0 cm³/mol. The van der Waals surface area contributed by atoms with Crippen molar-refractivity contribution in [3.8, 4) is 0 Å². The molecule has 0 bridgehead atoms. The van der Waals surface area contributed by atoms with E-state index in [0.29, 0.717) is 0 Å². The van der Waals surface area contributed by atoms with Gasteiger partial charge in [0.25, 0.3) is 0 Å². The second kappa shape index (κ2) is 6.99. The summed E-state index contributed by atoms with van der Waals surface area (Å²) < 4.78 is 16.1. The first-order chi connectivity index (χ1) is 9.58. The summed E-state index contributed by atoms with van der Waals surface area (Å²) in [6.45, 7) is 2.91. The molecule has 1 aromatic heterocycles. The van der Waals surface area contributed by atoms with E-state index < -0.39 is 0 Å². The standard InChI is InChI=1S/C15H19BrFN3/c1-3-18-15(5-4-11-9-19-20(2)10-11)12-6-13(16)8-14(17)7-12/h6-10,15,18H,3-5H2,1-2H3. The van der Waals surface area contributed by atoms with Crippen molar-refractivity contribution in [2.75, 3.05) is 6.54 Å². The molecule has 0 amide bonds. The molecule has 1 aromatic carbocycles. The molecule has 0 saturated heterocycles. The third kappa shape index (κ3) is 4.15. The van der Waals surface area contributed by atoms with Gasteiger partial charge in [0.05, 0.1) is 6.20 Å². The van der Waals surface area contributed by atoms with E-state index in [1.807, 2.05) is 25.5 Å². The maximum Gasteiger partial charge on any atom is 0.124 e. The van der Waals surface area contributed by atoms with Gasteiger partial charge in [-0.1, -0.05) is 22.9 Å². The first-order valence-corrected chi connectivity index (χ1v) is 7.54. The Morgan fingerprint density at radius 1 is 1.40 bits per heavy atom. The Kier molecular flexibility index (Phi) is 5.31.